The van der Waals surface area contributed by atoms with Crippen molar-refractivity contribution in [3.63, 3.8) is 0 Å². The van der Waals surface area contributed by atoms with Crippen molar-refractivity contribution in [1.82, 2.24) is 4.90 Å². The van der Waals surface area contributed by atoms with E-state index in [0.29, 0.717) is 0 Å². The van der Waals surface area contributed by atoms with Crippen molar-refractivity contribution in [2.24, 2.45) is 23.2 Å². The molecular formula is C14H23N. The molecule has 5 atom stereocenters. The van der Waals surface area contributed by atoms with E-state index >= 15 is 0 Å². The number of likely N-dealkylation sites (tertiary alicyclic amines) is 1. The predicted octanol–water partition coefficient (Wildman–Crippen LogP) is 2.91. The summed E-state index contributed by atoms with van der Waals surface area (Å²) >= 11 is 0. The second-order valence-electron chi connectivity index (χ2n) is 6.79. The third-order valence-electron chi connectivity index (χ3n) is 6.10. The van der Waals surface area contributed by atoms with Gasteiger partial charge in [0, 0.05) is 6.04 Å². The number of hydrogen-bond donors (Lipinski definition) is 0. The van der Waals surface area contributed by atoms with E-state index in [4.69, 9.17) is 0 Å². The summed E-state index contributed by atoms with van der Waals surface area (Å²) in [5, 5.41) is 0. The predicted molar refractivity (Wildman–Crippen MR) is 61.6 cm³/mol. The molecule has 0 N–H and O–H groups in total. The molecule has 1 saturated heterocycles. The molecule has 0 aromatic carbocycles. The Morgan fingerprint density at radius 1 is 1.13 bits per heavy atom. The van der Waals surface area contributed by atoms with Crippen LogP contribution < -0.4 is 0 Å². The monoisotopic (exact) mass is 205 g/mol. The second kappa shape index (κ2) is 2.80. The van der Waals surface area contributed by atoms with Crippen molar-refractivity contribution in [3.8, 4) is 0 Å². The summed E-state index contributed by atoms with van der Waals surface area (Å²) in [6.45, 7) is 5.08. The van der Waals surface area contributed by atoms with Crippen LogP contribution >= 0.6 is 0 Å². The maximum atomic E-state index is 2.82. The minimum Gasteiger partial charge on any atom is -0.300 e. The first-order chi connectivity index (χ1) is 7.31. The van der Waals surface area contributed by atoms with E-state index in [9.17, 15) is 0 Å². The van der Waals surface area contributed by atoms with Crippen molar-refractivity contribution in [2.75, 3.05) is 13.1 Å². The molecule has 5 fully saturated rings. The van der Waals surface area contributed by atoms with Gasteiger partial charge in [0.15, 0.2) is 0 Å². The lowest BCUT2D eigenvalue weighted by Crippen LogP contribution is -2.57. The van der Waals surface area contributed by atoms with E-state index < -0.39 is 0 Å². The molecule has 1 aliphatic heterocycles. The zero-order valence-electron chi connectivity index (χ0n) is 9.91. The van der Waals surface area contributed by atoms with Crippen molar-refractivity contribution in [1.29, 1.82) is 0 Å². The van der Waals surface area contributed by atoms with Crippen LogP contribution in [0.1, 0.15) is 45.4 Å². The molecule has 5 rings (SSSR count). The number of hydrogen-bond acceptors (Lipinski definition) is 1. The summed E-state index contributed by atoms with van der Waals surface area (Å²) < 4.78 is 0. The lowest BCUT2D eigenvalue weighted by Gasteiger charge is -2.60. The van der Waals surface area contributed by atoms with Crippen LogP contribution in [0.2, 0.25) is 0 Å². The van der Waals surface area contributed by atoms with Gasteiger partial charge in [0.25, 0.3) is 0 Å². The minimum atomic E-state index is 0.810. The summed E-state index contributed by atoms with van der Waals surface area (Å²) in [4.78, 5) is 2.82. The number of nitrogens with zero attached hydrogens (tertiary/aromatic N) is 1. The van der Waals surface area contributed by atoms with Crippen LogP contribution in [0.15, 0.2) is 0 Å². The highest BCUT2D eigenvalue weighted by Crippen LogP contribution is 2.64. The summed E-state index contributed by atoms with van der Waals surface area (Å²) in [5.74, 6) is 3.37. The van der Waals surface area contributed by atoms with Gasteiger partial charge in [-0.1, -0.05) is 6.92 Å². The molecule has 0 radical (unpaired) electrons. The lowest BCUT2D eigenvalue weighted by molar-refractivity contribution is -0.0900. The zero-order chi connectivity index (χ0) is 10.0. The molecule has 0 aromatic rings. The first-order valence-electron chi connectivity index (χ1n) is 7.05. The molecule has 15 heavy (non-hydrogen) atoms. The molecule has 1 heterocycles. The maximum absolute atomic E-state index is 2.82. The molecule has 5 aliphatic rings. The van der Waals surface area contributed by atoms with Crippen LogP contribution in [0.25, 0.3) is 0 Å². The van der Waals surface area contributed by atoms with Crippen LogP contribution in [0.4, 0.5) is 0 Å². The Labute approximate surface area is 93.2 Å². The van der Waals surface area contributed by atoms with E-state index in [1.54, 1.807) is 32.1 Å². The highest BCUT2D eigenvalue weighted by Gasteiger charge is 2.60. The summed E-state index contributed by atoms with van der Waals surface area (Å²) in [5.41, 5.74) is 0.810. The van der Waals surface area contributed by atoms with Gasteiger partial charge in [-0.2, -0.15) is 0 Å². The van der Waals surface area contributed by atoms with Crippen LogP contribution in [0, 0.1) is 23.2 Å². The smallest absolute Gasteiger partial charge is 0.0181 e. The fraction of sp³-hybridized carbons (Fsp3) is 1.00. The molecule has 0 amide bonds. The van der Waals surface area contributed by atoms with E-state index in [1.165, 1.54) is 19.5 Å². The standard InChI is InChI=1S/C14H23N/c1-2-15-4-3-14-8-10-5-11(9-14)7-12(6-10)13(14)15/h10-13H,2-9H2,1H3/t10-,11+,12?,13-,14?/m0/s1. The fourth-order valence-corrected chi connectivity index (χ4v) is 6.08. The normalized spacial score (nSPS) is 57.4. The average molecular weight is 205 g/mol. The van der Waals surface area contributed by atoms with Gasteiger partial charge in [-0.15, -0.1) is 0 Å². The summed E-state index contributed by atoms with van der Waals surface area (Å²) in [6.07, 6.45) is 9.49. The molecule has 4 saturated carbocycles. The largest absolute Gasteiger partial charge is 0.300 e. The molecule has 1 spiro atoms. The first kappa shape index (κ1) is 9.04. The van der Waals surface area contributed by atoms with Gasteiger partial charge in [0.2, 0.25) is 0 Å². The molecule has 4 aliphatic carbocycles. The van der Waals surface area contributed by atoms with Gasteiger partial charge in [-0.25, -0.2) is 0 Å². The molecule has 1 heteroatoms. The quantitative estimate of drug-likeness (QED) is 0.636. The van der Waals surface area contributed by atoms with Crippen LogP contribution in [0.3, 0.4) is 0 Å². The van der Waals surface area contributed by atoms with E-state index in [2.05, 4.69) is 11.8 Å². The van der Waals surface area contributed by atoms with Crippen molar-refractivity contribution < 1.29 is 0 Å². The van der Waals surface area contributed by atoms with E-state index in [0.717, 1.165) is 29.2 Å². The molecule has 0 aromatic heterocycles. The van der Waals surface area contributed by atoms with Crippen LogP contribution in [0.5, 0.6) is 0 Å². The summed E-state index contributed by atoms with van der Waals surface area (Å²) in [6, 6.07) is 1.01. The Bertz CT molecular complexity index is 271. The van der Waals surface area contributed by atoms with E-state index in [-0.39, 0.29) is 0 Å². The second-order valence-corrected chi connectivity index (χ2v) is 6.79. The molecule has 1 nitrogen and oxygen atoms in total. The highest BCUT2D eigenvalue weighted by molar-refractivity contribution is 5.12. The zero-order valence-corrected chi connectivity index (χ0v) is 9.91. The van der Waals surface area contributed by atoms with Crippen molar-refractivity contribution in [2.45, 2.75) is 51.5 Å². The fourth-order valence-electron chi connectivity index (χ4n) is 6.08. The molecule has 84 valence electrons. The third kappa shape index (κ3) is 1.03. The first-order valence-corrected chi connectivity index (χ1v) is 7.05. The minimum absolute atomic E-state index is 0.810. The van der Waals surface area contributed by atoms with Crippen molar-refractivity contribution in [3.05, 3.63) is 0 Å². The van der Waals surface area contributed by atoms with Gasteiger partial charge in [0.1, 0.15) is 0 Å². The van der Waals surface area contributed by atoms with Crippen LogP contribution in [-0.4, -0.2) is 24.0 Å². The molecular weight excluding hydrogens is 182 g/mol. The van der Waals surface area contributed by atoms with Crippen LogP contribution in [-0.2, 0) is 0 Å². The number of rotatable bonds is 1. The molecule has 4 bridgehead atoms. The lowest BCUT2D eigenvalue weighted by atomic mass is 9.47. The molecule has 2 unspecified atom stereocenters. The summed E-state index contributed by atoms with van der Waals surface area (Å²) in [7, 11) is 0. The van der Waals surface area contributed by atoms with Gasteiger partial charge < -0.3 is 0 Å². The average Bonchev–Trinajstić information content (AvgIpc) is 2.55. The van der Waals surface area contributed by atoms with Crippen molar-refractivity contribution >= 4 is 0 Å². The Morgan fingerprint density at radius 2 is 1.87 bits per heavy atom. The maximum Gasteiger partial charge on any atom is 0.0181 e. The third-order valence-corrected chi connectivity index (χ3v) is 6.10. The Balaban J connectivity index is 1.74. The van der Waals surface area contributed by atoms with Gasteiger partial charge in [-0.3, -0.25) is 4.90 Å². The van der Waals surface area contributed by atoms with Gasteiger partial charge in [-0.05, 0) is 74.8 Å². The van der Waals surface area contributed by atoms with Gasteiger partial charge >= 0.3 is 0 Å². The SMILES string of the molecule is CCN1CCC23C[C@@H]4CC(C[C@@H](C4)C2)[C@H]13. The topological polar surface area (TPSA) is 3.24 Å². The Morgan fingerprint density at radius 3 is 2.53 bits per heavy atom. The Kier molecular flexibility index (Phi) is 1.68. The van der Waals surface area contributed by atoms with E-state index in [1.807, 2.05) is 0 Å². The highest BCUT2D eigenvalue weighted by atomic mass is 15.2. The van der Waals surface area contributed by atoms with Gasteiger partial charge in [0.05, 0.1) is 0 Å². The Hall–Kier alpha value is -0.0400.